The van der Waals surface area contributed by atoms with Gasteiger partial charge in [-0.05, 0) is 39.3 Å². The Morgan fingerprint density at radius 1 is 1.44 bits per heavy atom. The fraction of sp³-hybridized carbons (Fsp3) is 0.917. The van der Waals surface area contributed by atoms with Crippen molar-refractivity contribution in [2.75, 3.05) is 33.7 Å². The lowest BCUT2D eigenvalue weighted by Crippen LogP contribution is -2.41. The number of hydrogen-bond acceptors (Lipinski definition) is 3. The Bertz CT molecular complexity index is 253. The number of rotatable bonds is 5. The van der Waals surface area contributed by atoms with Gasteiger partial charge in [0.2, 0.25) is 5.91 Å². The third-order valence-electron chi connectivity index (χ3n) is 3.82. The third-order valence-corrected chi connectivity index (χ3v) is 3.82. The van der Waals surface area contributed by atoms with Crippen LogP contribution in [-0.2, 0) is 4.79 Å². The summed E-state index contributed by atoms with van der Waals surface area (Å²) in [6, 6.07) is 1.16. The Balaban J connectivity index is 1.61. The van der Waals surface area contributed by atoms with Gasteiger partial charge in [0, 0.05) is 25.7 Å². The van der Waals surface area contributed by atoms with Crippen LogP contribution in [0.5, 0.6) is 0 Å². The fourth-order valence-corrected chi connectivity index (χ4v) is 2.37. The summed E-state index contributed by atoms with van der Waals surface area (Å²) in [7, 11) is 4.08. The summed E-state index contributed by atoms with van der Waals surface area (Å²) in [5, 5.41) is 3.29. The maximum atomic E-state index is 11.7. The zero-order chi connectivity index (χ0) is 11.5. The van der Waals surface area contributed by atoms with E-state index in [2.05, 4.69) is 17.3 Å². The molecule has 1 aliphatic heterocycles. The van der Waals surface area contributed by atoms with Crippen LogP contribution in [0.15, 0.2) is 0 Å². The van der Waals surface area contributed by atoms with Crippen molar-refractivity contribution in [3.05, 3.63) is 0 Å². The van der Waals surface area contributed by atoms with Gasteiger partial charge in [-0.3, -0.25) is 4.79 Å². The Kier molecular flexibility index (Phi) is 3.82. The summed E-state index contributed by atoms with van der Waals surface area (Å²) in [4.78, 5) is 16.0. The molecule has 1 saturated carbocycles. The predicted molar refractivity (Wildman–Crippen MR) is 64.3 cm³/mol. The highest BCUT2D eigenvalue weighted by atomic mass is 16.2. The second-order valence-corrected chi connectivity index (χ2v) is 5.14. The van der Waals surface area contributed by atoms with E-state index < -0.39 is 0 Å². The van der Waals surface area contributed by atoms with Crippen LogP contribution in [0.4, 0.5) is 0 Å². The molecule has 0 spiro atoms. The maximum absolute atomic E-state index is 11.7. The summed E-state index contributed by atoms with van der Waals surface area (Å²) in [6.07, 6.45) is 4.93. The quantitative estimate of drug-likeness (QED) is 0.730. The molecular formula is C12H23N3O. The van der Waals surface area contributed by atoms with E-state index in [-0.39, 0.29) is 5.91 Å². The first-order valence-corrected chi connectivity index (χ1v) is 6.35. The average molecular weight is 225 g/mol. The molecule has 2 fully saturated rings. The number of carbonyl (C=O) groups excluding carboxylic acids is 1. The molecule has 1 unspecified atom stereocenters. The molecule has 1 amide bonds. The Hall–Kier alpha value is -0.610. The van der Waals surface area contributed by atoms with Gasteiger partial charge < -0.3 is 15.1 Å². The van der Waals surface area contributed by atoms with Gasteiger partial charge in [-0.2, -0.15) is 0 Å². The molecule has 1 atom stereocenters. The molecule has 92 valence electrons. The predicted octanol–water partition coefficient (Wildman–Crippen LogP) is 0.291. The van der Waals surface area contributed by atoms with Gasteiger partial charge in [0.05, 0.1) is 6.54 Å². The number of nitrogens with one attached hydrogen (secondary N) is 1. The molecule has 0 aromatic rings. The van der Waals surface area contributed by atoms with Crippen LogP contribution in [0.1, 0.15) is 25.7 Å². The van der Waals surface area contributed by atoms with Gasteiger partial charge in [0.25, 0.3) is 0 Å². The van der Waals surface area contributed by atoms with Gasteiger partial charge in [-0.25, -0.2) is 0 Å². The van der Waals surface area contributed by atoms with E-state index in [0.717, 1.165) is 6.54 Å². The molecular weight excluding hydrogens is 202 g/mol. The van der Waals surface area contributed by atoms with Crippen molar-refractivity contribution in [2.45, 2.75) is 37.8 Å². The van der Waals surface area contributed by atoms with Crippen molar-refractivity contribution >= 4 is 5.91 Å². The SMILES string of the molecule is CN1CCCC1CNCC(=O)N(C)C1CC1. The molecule has 0 radical (unpaired) electrons. The first-order valence-electron chi connectivity index (χ1n) is 6.35. The lowest BCUT2D eigenvalue weighted by molar-refractivity contribution is -0.129. The lowest BCUT2D eigenvalue weighted by atomic mass is 10.2. The van der Waals surface area contributed by atoms with Gasteiger partial charge in [-0.1, -0.05) is 0 Å². The number of likely N-dealkylation sites (N-methyl/N-ethyl adjacent to an activating group) is 2. The normalized spacial score (nSPS) is 26.0. The third kappa shape index (κ3) is 2.95. The second-order valence-electron chi connectivity index (χ2n) is 5.14. The standard InChI is InChI=1S/C12H23N3O/c1-14-7-3-4-11(14)8-13-9-12(16)15(2)10-5-6-10/h10-11,13H,3-9H2,1-2H3. The highest BCUT2D eigenvalue weighted by Gasteiger charge is 2.29. The minimum atomic E-state index is 0.239. The lowest BCUT2D eigenvalue weighted by Gasteiger charge is -2.21. The molecule has 2 aliphatic rings. The number of nitrogens with zero attached hydrogens (tertiary/aromatic N) is 2. The van der Waals surface area contributed by atoms with Crippen molar-refractivity contribution < 1.29 is 4.79 Å². The average Bonchev–Trinajstić information content (AvgIpc) is 3.03. The molecule has 1 N–H and O–H groups in total. The van der Waals surface area contributed by atoms with Gasteiger partial charge in [-0.15, -0.1) is 0 Å². The monoisotopic (exact) mass is 225 g/mol. The zero-order valence-corrected chi connectivity index (χ0v) is 10.4. The molecule has 1 aliphatic carbocycles. The molecule has 0 aromatic heterocycles. The molecule has 0 aromatic carbocycles. The number of likely N-dealkylation sites (tertiary alicyclic amines) is 1. The first-order chi connectivity index (χ1) is 7.68. The van der Waals surface area contributed by atoms with E-state index in [1.54, 1.807) is 0 Å². The van der Waals surface area contributed by atoms with Crippen LogP contribution in [0.3, 0.4) is 0 Å². The molecule has 4 heteroatoms. The van der Waals surface area contributed by atoms with Crippen molar-refractivity contribution in [1.29, 1.82) is 0 Å². The summed E-state index contributed by atoms with van der Waals surface area (Å²) in [5.41, 5.74) is 0. The number of amides is 1. The van der Waals surface area contributed by atoms with Crippen LogP contribution in [0, 0.1) is 0 Å². The largest absolute Gasteiger partial charge is 0.342 e. The summed E-state index contributed by atoms with van der Waals surface area (Å²) in [5.74, 6) is 0.239. The molecule has 0 bridgehead atoms. The van der Waals surface area contributed by atoms with Crippen LogP contribution in [0.2, 0.25) is 0 Å². The van der Waals surface area contributed by atoms with Crippen LogP contribution in [-0.4, -0.2) is 61.5 Å². The molecule has 4 nitrogen and oxygen atoms in total. The van der Waals surface area contributed by atoms with E-state index in [0.29, 0.717) is 18.6 Å². The van der Waals surface area contributed by atoms with Crippen LogP contribution < -0.4 is 5.32 Å². The van der Waals surface area contributed by atoms with E-state index in [1.807, 2.05) is 11.9 Å². The smallest absolute Gasteiger partial charge is 0.236 e. The number of carbonyl (C=O) groups is 1. The Morgan fingerprint density at radius 3 is 2.75 bits per heavy atom. The Labute approximate surface area is 98.0 Å². The van der Waals surface area contributed by atoms with Gasteiger partial charge in [0.15, 0.2) is 0 Å². The van der Waals surface area contributed by atoms with Crippen LogP contribution in [0.25, 0.3) is 0 Å². The highest BCUT2D eigenvalue weighted by Crippen LogP contribution is 2.25. The van der Waals surface area contributed by atoms with Crippen LogP contribution >= 0.6 is 0 Å². The van der Waals surface area contributed by atoms with Gasteiger partial charge >= 0.3 is 0 Å². The van der Waals surface area contributed by atoms with E-state index in [4.69, 9.17) is 0 Å². The molecule has 16 heavy (non-hydrogen) atoms. The number of hydrogen-bond donors (Lipinski definition) is 1. The fourth-order valence-electron chi connectivity index (χ4n) is 2.37. The molecule has 2 rings (SSSR count). The summed E-state index contributed by atoms with van der Waals surface area (Å²) < 4.78 is 0. The van der Waals surface area contributed by atoms with Crippen molar-refractivity contribution in [3.63, 3.8) is 0 Å². The van der Waals surface area contributed by atoms with E-state index >= 15 is 0 Å². The first kappa shape index (κ1) is 11.9. The maximum Gasteiger partial charge on any atom is 0.236 e. The molecule has 1 heterocycles. The highest BCUT2D eigenvalue weighted by molar-refractivity contribution is 5.78. The van der Waals surface area contributed by atoms with E-state index in [1.165, 1.54) is 32.2 Å². The summed E-state index contributed by atoms with van der Waals surface area (Å²) >= 11 is 0. The van der Waals surface area contributed by atoms with Crippen molar-refractivity contribution in [1.82, 2.24) is 15.1 Å². The van der Waals surface area contributed by atoms with Crippen molar-refractivity contribution in [3.8, 4) is 0 Å². The second kappa shape index (κ2) is 5.15. The minimum Gasteiger partial charge on any atom is -0.342 e. The van der Waals surface area contributed by atoms with Crippen molar-refractivity contribution in [2.24, 2.45) is 0 Å². The Morgan fingerprint density at radius 2 is 2.19 bits per heavy atom. The molecule has 1 saturated heterocycles. The zero-order valence-electron chi connectivity index (χ0n) is 10.4. The topological polar surface area (TPSA) is 35.6 Å². The van der Waals surface area contributed by atoms with E-state index in [9.17, 15) is 4.79 Å². The minimum absolute atomic E-state index is 0.239. The summed E-state index contributed by atoms with van der Waals surface area (Å²) in [6.45, 7) is 2.64. The van der Waals surface area contributed by atoms with Gasteiger partial charge in [0.1, 0.15) is 0 Å².